The molecule has 1 atom stereocenters. The zero-order valence-corrected chi connectivity index (χ0v) is 15.8. The number of hydrogen-bond acceptors (Lipinski definition) is 2. The molecule has 0 spiro atoms. The number of amides is 2. The van der Waals surface area contributed by atoms with E-state index in [1.165, 1.54) is 0 Å². The highest BCUT2D eigenvalue weighted by atomic mass is 79.9. The van der Waals surface area contributed by atoms with Crippen molar-refractivity contribution in [3.63, 3.8) is 0 Å². The molecule has 23 heavy (non-hydrogen) atoms. The lowest BCUT2D eigenvalue weighted by Gasteiger charge is -2.16. The van der Waals surface area contributed by atoms with E-state index in [4.69, 9.17) is 17.3 Å². The molecule has 0 saturated heterocycles. The van der Waals surface area contributed by atoms with Gasteiger partial charge in [-0.1, -0.05) is 55.6 Å². The number of halogens is 3. The van der Waals surface area contributed by atoms with E-state index in [1.54, 1.807) is 30.3 Å². The van der Waals surface area contributed by atoms with Gasteiger partial charge in [0.05, 0.1) is 0 Å². The van der Waals surface area contributed by atoms with Gasteiger partial charge in [-0.25, -0.2) is 0 Å². The summed E-state index contributed by atoms with van der Waals surface area (Å²) in [5.41, 5.74) is 6.64. The fourth-order valence-corrected chi connectivity index (χ4v) is 3.56. The molecule has 0 aliphatic heterocycles. The number of carbonyl (C=O) groups is 2. The Morgan fingerprint density at radius 2 is 1.78 bits per heavy atom. The Morgan fingerprint density at radius 1 is 1.13 bits per heavy atom. The molecule has 0 unspecified atom stereocenters. The highest BCUT2D eigenvalue weighted by Gasteiger charge is 2.20. The molecule has 2 aromatic carbocycles. The van der Waals surface area contributed by atoms with Crippen LogP contribution in [0.2, 0.25) is 5.02 Å². The quantitative estimate of drug-likeness (QED) is 0.714. The average molecular weight is 461 g/mol. The first kappa shape index (κ1) is 18.0. The van der Waals surface area contributed by atoms with E-state index in [0.717, 1.165) is 14.5 Å². The normalized spacial score (nSPS) is 11.8. The van der Waals surface area contributed by atoms with Crippen molar-refractivity contribution in [2.75, 3.05) is 0 Å². The first-order valence-electron chi connectivity index (χ1n) is 6.66. The lowest BCUT2D eigenvalue weighted by Crippen LogP contribution is -2.45. The Labute approximate surface area is 155 Å². The maximum Gasteiger partial charge on any atom is 0.252 e. The summed E-state index contributed by atoms with van der Waals surface area (Å²) in [7, 11) is 0. The molecule has 3 N–H and O–H groups in total. The number of carbonyl (C=O) groups excluding carboxylic acids is 2. The standard InChI is InChI=1S/C16H13Br2ClN2O2/c17-11-6-10(7-12(18)8-11)16(23)21-14(15(20)22)5-9-2-1-3-13(19)4-9/h1-4,6-8,14H,5H2,(H2,20,22)(H,21,23)/t14-/m1/s1. The van der Waals surface area contributed by atoms with Crippen LogP contribution in [0.4, 0.5) is 0 Å². The summed E-state index contributed by atoms with van der Waals surface area (Å²) < 4.78 is 1.50. The number of benzene rings is 2. The molecule has 0 fully saturated rings. The van der Waals surface area contributed by atoms with Crippen molar-refractivity contribution in [1.82, 2.24) is 5.32 Å². The second-order valence-electron chi connectivity index (χ2n) is 4.92. The fraction of sp³-hybridized carbons (Fsp3) is 0.125. The van der Waals surface area contributed by atoms with Crippen molar-refractivity contribution in [3.8, 4) is 0 Å². The van der Waals surface area contributed by atoms with Crippen molar-refractivity contribution in [1.29, 1.82) is 0 Å². The van der Waals surface area contributed by atoms with Gasteiger partial charge in [-0.3, -0.25) is 9.59 Å². The summed E-state index contributed by atoms with van der Waals surface area (Å²) in [6.45, 7) is 0. The van der Waals surface area contributed by atoms with Crippen LogP contribution in [0.1, 0.15) is 15.9 Å². The molecular weight excluding hydrogens is 447 g/mol. The predicted octanol–water partition coefficient (Wildman–Crippen LogP) is 3.69. The van der Waals surface area contributed by atoms with Gasteiger partial charge >= 0.3 is 0 Å². The van der Waals surface area contributed by atoms with Gasteiger partial charge in [-0.2, -0.15) is 0 Å². The maximum atomic E-state index is 12.3. The highest BCUT2D eigenvalue weighted by molar-refractivity contribution is 9.11. The number of hydrogen-bond donors (Lipinski definition) is 2. The lowest BCUT2D eigenvalue weighted by molar-refractivity contribution is -0.119. The molecule has 0 aliphatic rings. The topological polar surface area (TPSA) is 72.2 Å². The first-order valence-corrected chi connectivity index (χ1v) is 8.62. The van der Waals surface area contributed by atoms with Crippen LogP contribution in [-0.2, 0) is 11.2 Å². The largest absolute Gasteiger partial charge is 0.368 e. The van der Waals surface area contributed by atoms with E-state index >= 15 is 0 Å². The van der Waals surface area contributed by atoms with Crippen molar-refractivity contribution >= 4 is 55.3 Å². The minimum Gasteiger partial charge on any atom is -0.368 e. The average Bonchev–Trinajstić information content (AvgIpc) is 2.45. The molecule has 0 bridgehead atoms. The molecule has 0 heterocycles. The zero-order chi connectivity index (χ0) is 17.0. The van der Waals surface area contributed by atoms with Gasteiger partial charge < -0.3 is 11.1 Å². The highest BCUT2D eigenvalue weighted by Crippen LogP contribution is 2.20. The number of primary amides is 1. The predicted molar refractivity (Wildman–Crippen MR) is 97.4 cm³/mol. The molecule has 0 aromatic heterocycles. The van der Waals surface area contributed by atoms with Crippen molar-refractivity contribution in [2.24, 2.45) is 5.73 Å². The number of rotatable bonds is 5. The molecule has 0 saturated carbocycles. The van der Waals surface area contributed by atoms with Gasteiger partial charge in [0.1, 0.15) is 6.04 Å². The Hall–Kier alpha value is -1.37. The van der Waals surface area contributed by atoms with Gasteiger partial charge in [0.25, 0.3) is 5.91 Å². The molecule has 2 aromatic rings. The van der Waals surface area contributed by atoms with Crippen LogP contribution >= 0.6 is 43.5 Å². The zero-order valence-electron chi connectivity index (χ0n) is 11.9. The van der Waals surface area contributed by atoms with Gasteiger partial charge in [-0.05, 0) is 35.9 Å². The summed E-state index contributed by atoms with van der Waals surface area (Å²) in [4.78, 5) is 24.0. The first-order chi connectivity index (χ1) is 10.8. The van der Waals surface area contributed by atoms with Gasteiger partial charge in [-0.15, -0.1) is 0 Å². The smallest absolute Gasteiger partial charge is 0.252 e. The van der Waals surface area contributed by atoms with Crippen molar-refractivity contribution < 1.29 is 9.59 Å². The third kappa shape index (κ3) is 5.34. The third-order valence-electron chi connectivity index (χ3n) is 3.10. The molecule has 0 radical (unpaired) electrons. The second-order valence-corrected chi connectivity index (χ2v) is 7.19. The number of nitrogens with two attached hydrogens (primary N) is 1. The Balaban J connectivity index is 2.15. The van der Waals surface area contributed by atoms with Crippen molar-refractivity contribution in [2.45, 2.75) is 12.5 Å². The fourth-order valence-electron chi connectivity index (χ4n) is 2.05. The van der Waals surface area contributed by atoms with Gasteiger partial charge in [0.15, 0.2) is 0 Å². The van der Waals surface area contributed by atoms with Crippen LogP contribution in [0.25, 0.3) is 0 Å². The molecule has 120 valence electrons. The van der Waals surface area contributed by atoms with Crippen molar-refractivity contribution in [3.05, 3.63) is 67.6 Å². The SMILES string of the molecule is NC(=O)[C@@H](Cc1cccc(Cl)c1)NC(=O)c1cc(Br)cc(Br)c1. The lowest BCUT2D eigenvalue weighted by atomic mass is 10.0. The Morgan fingerprint density at radius 3 is 2.35 bits per heavy atom. The third-order valence-corrected chi connectivity index (χ3v) is 4.25. The van der Waals surface area contributed by atoms with E-state index in [0.29, 0.717) is 10.6 Å². The van der Waals surface area contributed by atoms with Crippen LogP contribution < -0.4 is 11.1 Å². The Bertz CT molecular complexity index is 732. The monoisotopic (exact) mass is 458 g/mol. The molecule has 7 heteroatoms. The van der Waals surface area contributed by atoms with E-state index in [2.05, 4.69) is 37.2 Å². The summed E-state index contributed by atoms with van der Waals surface area (Å²) >= 11 is 12.6. The molecular formula is C16H13Br2ClN2O2. The molecule has 4 nitrogen and oxygen atoms in total. The van der Waals surface area contributed by atoms with Gasteiger partial charge in [0.2, 0.25) is 5.91 Å². The van der Waals surface area contributed by atoms with E-state index < -0.39 is 11.9 Å². The summed E-state index contributed by atoms with van der Waals surface area (Å²) in [5, 5.41) is 3.22. The molecule has 2 amide bonds. The van der Waals surface area contributed by atoms with Crippen LogP contribution in [-0.4, -0.2) is 17.9 Å². The summed E-state index contributed by atoms with van der Waals surface area (Å²) in [6.07, 6.45) is 0.275. The molecule has 2 rings (SSSR count). The maximum absolute atomic E-state index is 12.3. The minimum atomic E-state index is -0.821. The minimum absolute atomic E-state index is 0.275. The second kappa shape index (κ2) is 7.95. The van der Waals surface area contributed by atoms with E-state index in [9.17, 15) is 9.59 Å². The van der Waals surface area contributed by atoms with E-state index in [-0.39, 0.29) is 12.3 Å². The Kier molecular flexibility index (Phi) is 6.21. The van der Waals surface area contributed by atoms with Crippen LogP contribution in [0.5, 0.6) is 0 Å². The summed E-state index contributed by atoms with van der Waals surface area (Å²) in [6, 6.07) is 11.4. The van der Waals surface area contributed by atoms with E-state index in [1.807, 2.05) is 12.1 Å². The molecule has 0 aliphatic carbocycles. The van der Waals surface area contributed by atoms with Crippen LogP contribution in [0.3, 0.4) is 0 Å². The van der Waals surface area contributed by atoms with Gasteiger partial charge in [0, 0.05) is 26.0 Å². The van der Waals surface area contributed by atoms with Crippen LogP contribution in [0.15, 0.2) is 51.4 Å². The summed E-state index contributed by atoms with van der Waals surface area (Å²) in [5.74, 6) is -0.981. The van der Waals surface area contributed by atoms with Crippen LogP contribution in [0, 0.1) is 0 Å². The number of nitrogens with one attached hydrogen (secondary N) is 1.